The highest BCUT2D eigenvalue weighted by atomic mass is 79.9. The van der Waals surface area contributed by atoms with Gasteiger partial charge in [-0.05, 0) is 46.6 Å². The average Bonchev–Trinajstić information content (AvgIpc) is 2.70. The molecule has 4 heteroatoms. The van der Waals surface area contributed by atoms with Gasteiger partial charge in [0.15, 0.2) is 0 Å². The van der Waals surface area contributed by atoms with Crippen LogP contribution in [0.25, 0.3) is 5.69 Å². The Morgan fingerprint density at radius 3 is 2.80 bits per heavy atom. The van der Waals surface area contributed by atoms with Gasteiger partial charge in [-0.1, -0.05) is 6.07 Å². The number of hydrogen-bond acceptors (Lipinski definition) is 2. The minimum atomic E-state index is 0.0490. The van der Waals surface area contributed by atoms with Crippen LogP contribution in [0.5, 0.6) is 0 Å². The fraction of sp³-hybridized carbons (Fsp3) is 0.182. The summed E-state index contributed by atoms with van der Waals surface area (Å²) in [6.45, 7) is 1.97. The second kappa shape index (κ2) is 4.16. The highest BCUT2D eigenvalue weighted by Crippen LogP contribution is 2.23. The van der Waals surface area contributed by atoms with E-state index in [2.05, 4.69) is 21.0 Å². The maximum atomic E-state index is 5.81. The largest absolute Gasteiger partial charge is 0.324 e. The molecule has 0 aliphatic heterocycles. The molecule has 2 aromatic rings. The maximum absolute atomic E-state index is 5.81. The Labute approximate surface area is 97.0 Å². The summed E-state index contributed by atoms with van der Waals surface area (Å²) in [5.41, 5.74) is 7.94. The predicted molar refractivity (Wildman–Crippen MR) is 63.9 cm³/mol. The highest BCUT2D eigenvalue weighted by Gasteiger charge is 2.05. The molecule has 2 rings (SSSR count). The lowest BCUT2D eigenvalue weighted by Crippen LogP contribution is -2.05. The zero-order valence-corrected chi connectivity index (χ0v) is 9.98. The lowest BCUT2D eigenvalue weighted by atomic mass is 10.1. The molecule has 0 amide bonds. The van der Waals surface area contributed by atoms with Gasteiger partial charge in [-0.25, -0.2) is 4.68 Å². The number of benzene rings is 1. The number of halogens is 1. The summed E-state index contributed by atoms with van der Waals surface area (Å²) in [4.78, 5) is 0. The summed E-state index contributed by atoms with van der Waals surface area (Å²) in [7, 11) is 0. The Morgan fingerprint density at radius 1 is 1.47 bits per heavy atom. The normalized spacial score (nSPS) is 12.7. The van der Waals surface area contributed by atoms with E-state index in [-0.39, 0.29) is 6.04 Å². The topological polar surface area (TPSA) is 43.8 Å². The van der Waals surface area contributed by atoms with Gasteiger partial charge in [-0.3, -0.25) is 0 Å². The Kier molecular flexibility index (Phi) is 2.88. The summed E-state index contributed by atoms with van der Waals surface area (Å²) in [6.07, 6.45) is 3.66. The molecule has 0 bridgehead atoms. The number of hydrogen-bond donors (Lipinski definition) is 1. The molecule has 0 aliphatic carbocycles. The van der Waals surface area contributed by atoms with E-state index in [9.17, 15) is 0 Å². The van der Waals surface area contributed by atoms with Crippen molar-refractivity contribution in [2.75, 3.05) is 0 Å². The molecule has 0 aliphatic rings. The fourth-order valence-electron chi connectivity index (χ4n) is 1.40. The maximum Gasteiger partial charge on any atom is 0.0787 e. The van der Waals surface area contributed by atoms with Gasteiger partial charge < -0.3 is 5.73 Å². The lowest BCUT2D eigenvalue weighted by molar-refractivity contribution is 0.812. The van der Waals surface area contributed by atoms with Gasteiger partial charge in [0, 0.05) is 22.9 Å². The van der Waals surface area contributed by atoms with Crippen LogP contribution in [0.3, 0.4) is 0 Å². The summed E-state index contributed by atoms with van der Waals surface area (Å²) < 4.78 is 2.82. The van der Waals surface area contributed by atoms with E-state index in [4.69, 9.17) is 5.73 Å². The van der Waals surface area contributed by atoms with Crippen LogP contribution in [0.1, 0.15) is 18.5 Å². The molecular weight excluding hydrogens is 254 g/mol. The van der Waals surface area contributed by atoms with E-state index in [1.54, 1.807) is 6.20 Å². The Morgan fingerprint density at radius 2 is 2.27 bits per heavy atom. The van der Waals surface area contributed by atoms with E-state index < -0.39 is 0 Å². The first-order chi connectivity index (χ1) is 7.18. The van der Waals surface area contributed by atoms with E-state index in [1.807, 2.05) is 42.1 Å². The molecule has 3 nitrogen and oxygen atoms in total. The third-order valence-electron chi connectivity index (χ3n) is 2.25. The van der Waals surface area contributed by atoms with Crippen LogP contribution in [0, 0.1) is 0 Å². The molecule has 1 heterocycles. The zero-order chi connectivity index (χ0) is 10.8. The lowest BCUT2D eigenvalue weighted by Gasteiger charge is -2.09. The van der Waals surface area contributed by atoms with Crippen molar-refractivity contribution in [1.82, 2.24) is 9.78 Å². The van der Waals surface area contributed by atoms with E-state index >= 15 is 0 Å². The third-order valence-corrected chi connectivity index (χ3v) is 2.88. The molecule has 1 atom stereocenters. The number of aromatic nitrogens is 2. The molecule has 15 heavy (non-hydrogen) atoms. The smallest absolute Gasteiger partial charge is 0.0787 e. The van der Waals surface area contributed by atoms with Crippen molar-refractivity contribution in [2.24, 2.45) is 5.73 Å². The molecule has 0 saturated heterocycles. The molecule has 0 fully saturated rings. The van der Waals surface area contributed by atoms with Gasteiger partial charge in [-0.2, -0.15) is 5.10 Å². The Bertz CT molecular complexity index is 449. The van der Waals surface area contributed by atoms with Gasteiger partial charge >= 0.3 is 0 Å². The van der Waals surface area contributed by atoms with Crippen molar-refractivity contribution in [3.05, 3.63) is 46.7 Å². The average molecular weight is 266 g/mol. The molecule has 0 radical (unpaired) electrons. The summed E-state index contributed by atoms with van der Waals surface area (Å²) in [5.74, 6) is 0. The summed E-state index contributed by atoms with van der Waals surface area (Å²) >= 11 is 3.52. The Balaban J connectivity index is 2.44. The van der Waals surface area contributed by atoms with Gasteiger partial charge in [0.1, 0.15) is 0 Å². The molecule has 2 N–H and O–H groups in total. The molecule has 0 spiro atoms. The first-order valence-electron chi connectivity index (χ1n) is 4.73. The molecule has 0 saturated carbocycles. The number of rotatable bonds is 2. The van der Waals surface area contributed by atoms with Gasteiger partial charge in [0.2, 0.25) is 0 Å². The highest BCUT2D eigenvalue weighted by molar-refractivity contribution is 9.10. The van der Waals surface area contributed by atoms with Crippen molar-refractivity contribution >= 4 is 15.9 Å². The van der Waals surface area contributed by atoms with Gasteiger partial charge in [0.05, 0.1) is 5.69 Å². The van der Waals surface area contributed by atoms with Crippen LogP contribution < -0.4 is 5.73 Å². The van der Waals surface area contributed by atoms with Crippen LogP contribution in [0.15, 0.2) is 41.1 Å². The molecule has 1 aromatic heterocycles. The van der Waals surface area contributed by atoms with Crippen LogP contribution in [0.2, 0.25) is 0 Å². The second-order valence-electron chi connectivity index (χ2n) is 3.45. The van der Waals surface area contributed by atoms with Crippen molar-refractivity contribution < 1.29 is 0 Å². The van der Waals surface area contributed by atoms with Crippen molar-refractivity contribution in [3.8, 4) is 5.69 Å². The van der Waals surface area contributed by atoms with Crippen LogP contribution >= 0.6 is 15.9 Å². The molecule has 78 valence electrons. The SMILES string of the molecule is C[C@H](N)c1ccc(-n2cccn2)c(Br)c1. The minimum Gasteiger partial charge on any atom is -0.324 e. The summed E-state index contributed by atoms with van der Waals surface area (Å²) in [6, 6.07) is 8.00. The van der Waals surface area contributed by atoms with Crippen molar-refractivity contribution in [3.63, 3.8) is 0 Å². The second-order valence-corrected chi connectivity index (χ2v) is 4.30. The van der Waals surface area contributed by atoms with Crippen LogP contribution in [-0.2, 0) is 0 Å². The fourth-order valence-corrected chi connectivity index (χ4v) is 1.98. The molecule has 0 unspecified atom stereocenters. The van der Waals surface area contributed by atoms with E-state index in [0.29, 0.717) is 0 Å². The van der Waals surface area contributed by atoms with E-state index in [1.165, 1.54) is 0 Å². The third kappa shape index (κ3) is 2.11. The van der Waals surface area contributed by atoms with Crippen LogP contribution in [-0.4, -0.2) is 9.78 Å². The number of nitrogens with zero attached hydrogens (tertiary/aromatic N) is 2. The first kappa shape index (κ1) is 10.4. The van der Waals surface area contributed by atoms with Crippen LogP contribution in [0.4, 0.5) is 0 Å². The minimum absolute atomic E-state index is 0.0490. The van der Waals surface area contributed by atoms with Gasteiger partial charge in [0.25, 0.3) is 0 Å². The zero-order valence-electron chi connectivity index (χ0n) is 8.39. The molecule has 1 aromatic carbocycles. The predicted octanol–water partition coefficient (Wildman–Crippen LogP) is 2.65. The Hall–Kier alpha value is -1.13. The monoisotopic (exact) mass is 265 g/mol. The quantitative estimate of drug-likeness (QED) is 0.908. The first-order valence-corrected chi connectivity index (χ1v) is 5.53. The van der Waals surface area contributed by atoms with Crippen molar-refractivity contribution in [1.29, 1.82) is 0 Å². The van der Waals surface area contributed by atoms with Gasteiger partial charge in [-0.15, -0.1) is 0 Å². The summed E-state index contributed by atoms with van der Waals surface area (Å²) in [5, 5.41) is 4.18. The van der Waals surface area contributed by atoms with E-state index in [0.717, 1.165) is 15.7 Å². The standard InChI is InChI=1S/C11H12BrN3/c1-8(13)9-3-4-11(10(12)7-9)15-6-2-5-14-15/h2-8H,13H2,1H3/t8-/m0/s1. The number of nitrogens with two attached hydrogens (primary N) is 1. The molecular formula is C11H12BrN3. The van der Waals surface area contributed by atoms with Crippen molar-refractivity contribution in [2.45, 2.75) is 13.0 Å².